The van der Waals surface area contributed by atoms with Crippen LogP contribution in [0, 0.1) is 0 Å². The van der Waals surface area contributed by atoms with E-state index in [4.69, 9.17) is 0 Å². The molecule has 1 fully saturated rings. The minimum atomic E-state index is 0.410. The third-order valence-electron chi connectivity index (χ3n) is 3.93. The van der Waals surface area contributed by atoms with Gasteiger partial charge in [0.1, 0.15) is 0 Å². The average Bonchev–Trinajstić information content (AvgIpc) is 3.05. The lowest BCUT2D eigenvalue weighted by molar-refractivity contribution is 1.12. The molecular weight excluding hydrogens is 178 g/mol. The van der Waals surface area contributed by atoms with Crippen LogP contribution in [0.2, 0.25) is 0 Å². The Kier molecular flexibility index (Phi) is 1.24. The van der Waals surface area contributed by atoms with Gasteiger partial charge in [-0.25, -0.2) is 0 Å². The minimum absolute atomic E-state index is 0.410. The van der Waals surface area contributed by atoms with Gasteiger partial charge in [-0.05, 0) is 27.5 Å². The first kappa shape index (κ1) is 7.81. The molecule has 4 rings (SSSR count). The summed E-state index contributed by atoms with van der Waals surface area (Å²) in [6.07, 6.45) is 0. The third kappa shape index (κ3) is 0.813. The first-order valence-corrected chi connectivity index (χ1v) is 5.61. The van der Waals surface area contributed by atoms with E-state index in [0.717, 1.165) is 0 Å². The Hall–Kier alpha value is -1.43. The van der Waals surface area contributed by atoms with Crippen LogP contribution in [0.3, 0.4) is 0 Å². The van der Waals surface area contributed by atoms with Gasteiger partial charge in [0.15, 0.2) is 0 Å². The van der Waals surface area contributed by atoms with Gasteiger partial charge in [0.05, 0.1) is 14.3 Å². The zero-order valence-electron chi connectivity index (χ0n) is 8.53. The highest BCUT2D eigenvalue weighted by Gasteiger charge is 2.53. The molecule has 2 aromatic rings. The van der Waals surface area contributed by atoms with Crippen LogP contribution in [0.5, 0.6) is 0 Å². The molecular formula is C13H10B2. The van der Waals surface area contributed by atoms with Gasteiger partial charge in [-0.2, -0.15) is 0 Å². The Bertz CT molecular complexity index is 508. The number of fused-ring (bicyclic) bond motifs is 5. The summed E-state index contributed by atoms with van der Waals surface area (Å²) in [5, 5.41) is 0.410. The largest absolute Gasteiger partial charge is 0.0958 e. The molecule has 0 nitrogen and oxygen atoms in total. The second-order valence-corrected chi connectivity index (χ2v) is 4.67. The van der Waals surface area contributed by atoms with Crippen LogP contribution in [0.1, 0.15) is 11.1 Å². The van der Waals surface area contributed by atoms with Crippen molar-refractivity contribution in [3.8, 4) is 11.1 Å². The minimum Gasteiger partial charge on any atom is -0.0620 e. The summed E-state index contributed by atoms with van der Waals surface area (Å²) < 4.78 is 0. The van der Waals surface area contributed by atoms with Gasteiger partial charge in [-0.3, -0.25) is 0 Å². The maximum Gasteiger partial charge on any atom is 0.0958 e. The van der Waals surface area contributed by atoms with E-state index in [1.165, 1.54) is 25.5 Å². The molecule has 15 heavy (non-hydrogen) atoms. The molecule has 1 aliphatic carbocycles. The van der Waals surface area contributed by atoms with Crippen LogP contribution >= 0.6 is 0 Å². The van der Waals surface area contributed by atoms with Crippen molar-refractivity contribution in [2.75, 3.05) is 0 Å². The molecule has 68 valence electrons. The molecule has 2 aromatic carbocycles. The van der Waals surface area contributed by atoms with Gasteiger partial charge >= 0.3 is 0 Å². The van der Waals surface area contributed by atoms with Crippen LogP contribution in [0.4, 0.5) is 0 Å². The highest BCUT2D eigenvalue weighted by atomic mass is 14.3. The van der Waals surface area contributed by atoms with E-state index >= 15 is 0 Å². The monoisotopic (exact) mass is 188 g/mol. The quantitative estimate of drug-likeness (QED) is 0.551. The van der Waals surface area contributed by atoms with E-state index in [2.05, 4.69) is 48.5 Å². The van der Waals surface area contributed by atoms with Crippen molar-refractivity contribution in [3.63, 3.8) is 0 Å². The van der Waals surface area contributed by atoms with E-state index in [-0.39, 0.29) is 0 Å². The molecule has 0 unspecified atom stereocenters. The summed E-state index contributed by atoms with van der Waals surface area (Å²) in [6.45, 7) is 0. The van der Waals surface area contributed by atoms with Crippen molar-refractivity contribution in [2.45, 2.75) is 5.21 Å². The summed E-state index contributed by atoms with van der Waals surface area (Å²) in [5.41, 5.74) is 6.05. The molecule has 0 saturated carbocycles. The summed E-state index contributed by atoms with van der Waals surface area (Å²) >= 11 is 0. The van der Waals surface area contributed by atoms with Crippen LogP contribution in [0.15, 0.2) is 48.5 Å². The van der Waals surface area contributed by atoms with Crippen molar-refractivity contribution >= 4 is 14.3 Å². The highest BCUT2D eigenvalue weighted by molar-refractivity contribution is 7.25. The summed E-state index contributed by atoms with van der Waals surface area (Å²) in [6, 6.07) is 17.8. The van der Waals surface area contributed by atoms with E-state index < -0.39 is 0 Å². The zero-order chi connectivity index (χ0) is 9.88. The summed E-state index contributed by atoms with van der Waals surface area (Å²) in [5.74, 6) is 0. The molecule has 0 radical (unpaired) electrons. The number of hydrogen-bond donors (Lipinski definition) is 0. The lowest BCUT2D eigenvalue weighted by Crippen LogP contribution is -2.07. The van der Waals surface area contributed by atoms with Crippen LogP contribution in [0.25, 0.3) is 11.1 Å². The zero-order valence-corrected chi connectivity index (χ0v) is 8.53. The SMILES string of the molecule is B1BC12c1ccccc1-c1ccccc12. The Morgan fingerprint density at radius 3 is 1.60 bits per heavy atom. The fourth-order valence-corrected chi connectivity index (χ4v) is 3.08. The second-order valence-electron chi connectivity index (χ2n) is 4.67. The van der Waals surface area contributed by atoms with Crippen molar-refractivity contribution < 1.29 is 0 Å². The smallest absolute Gasteiger partial charge is 0.0620 e. The standard InChI is InChI=1S/C13H10B2/c1-3-7-11-9(5-1)10-6-2-4-8-12(10)13(11)14-15-13/h1-8,14-15H. The molecule has 1 saturated heterocycles. The normalized spacial score (nSPS) is 17.6. The maximum absolute atomic E-state index is 2.31. The molecule has 0 amide bonds. The fraction of sp³-hybridized carbons (Fsp3) is 0.0769. The molecule has 0 bridgehead atoms. The third-order valence-corrected chi connectivity index (χ3v) is 3.93. The molecule has 1 spiro atoms. The maximum atomic E-state index is 2.31. The van der Waals surface area contributed by atoms with Crippen LogP contribution < -0.4 is 0 Å². The summed E-state index contributed by atoms with van der Waals surface area (Å²) in [7, 11) is 2.67. The van der Waals surface area contributed by atoms with Crippen LogP contribution in [-0.4, -0.2) is 14.3 Å². The molecule has 0 atom stereocenters. The lowest BCUT2D eigenvalue weighted by Gasteiger charge is -2.11. The van der Waals surface area contributed by atoms with Crippen molar-refractivity contribution in [1.82, 2.24) is 0 Å². The van der Waals surface area contributed by atoms with Crippen molar-refractivity contribution in [3.05, 3.63) is 59.7 Å². The van der Waals surface area contributed by atoms with Crippen LogP contribution in [-0.2, 0) is 5.21 Å². The number of rotatable bonds is 0. The van der Waals surface area contributed by atoms with Gasteiger partial charge < -0.3 is 0 Å². The Morgan fingerprint density at radius 2 is 1.13 bits per heavy atom. The van der Waals surface area contributed by atoms with Crippen molar-refractivity contribution in [1.29, 1.82) is 0 Å². The van der Waals surface area contributed by atoms with Gasteiger partial charge in [0.2, 0.25) is 0 Å². The number of hydrogen-bond acceptors (Lipinski definition) is 0. The van der Waals surface area contributed by atoms with Gasteiger partial charge in [0, 0.05) is 0 Å². The van der Waals surface area contributed by atoms with Gasteiger partial charge in [-0.15, -0.1) is 0 Å². The summed E-state index contributed by atoms with van der Waals surface area (Å²) in [4.78, 5) is 0. The predicted molar refractivity (Wildman–Crippen MR) is 67.0 cm³/mol. The highest BCUT2D eigenvalue weighted by Crippen LogP contribution is 2.52. The van der Waals surface area contributed by atoms with E-state index in [9.17, 15) is 0 Å². The molecule has 1 heterocycles. The van der Waals surface area contributed by atoms with E-state index in [1.807, 2.05) is 0 Å². The van der Waals surface area contributed by atoms with Gasteiger partial charge in [0.25, 0.3) is 0 Å². The molecule has 0 aromatic heterocycles. The molecule has 1 aliphatic heterocycles. The first-order valence-electron chi connectivity index (χ1n) is 5.61. The Morgan fingerprint density at radius 1 is 0.667 bits per heavy atom. The van der Waals surface area contributed by atoms with Crippen molar-refractivity contribution in [2.24, 2.45) is 0 Å². The fourth-order valence-electron chi connectivity index (χ4n) is 3.08. The molecule has 0 N–H and O–H groups in total. The first-order chi connectivity index (χ1) is 7.42. The number of benzene rings is 2. The molecule has 2 aliphatic rings. The van der Waals surface area contributed by atoms with Gasteiger partial charge in [-0.1, -0.05) is 48.5 Å². The Balaban J connectivity index is 2.15. The molecule has 2 heteroatoms. The van der Waals surface area contributed by atoms with E-state index in [0.29, 0.717) is 5.21 Å². The topological polar surface area (TPSA) is 0 Å². The lowest BCUT2D eigenvalue weighted by atomic mass is 9.79. The Labute approximate surface area is 90.8 Å². The predicted octanol–water partition coefficient (Wildman–Crippen LogP) is 1.67. The second kappa shape index (κ2) is 2.38. The average molecular weight is 188 g/mol. The van der Waals surface area contributed by atoms with E-state index in [1.54, 1.807) is 11.1 Å².